The Morgan fingerprint density at radius 2 is 2.12 bits per heavy atom. The molecule has 0 aromatic heterocycles. The predicted octanol–water partition coefficient (Wildman–Crippen LogP) is 2.18. The zero-order valence-electron chi connectivity index (χ0n) is 10.4. The third-order valence-electron chi connectivity index (χ3n) is 3.91. The summed E-state index contributed by atoms with van der Waals surface area (Å²) in [6.45, 7) is 6.78. The van der Waals surface area contributed by atoms with Gasteiger partial charge >= 0.3 is 0 Å². The zero-order valence-corrected chi connectivity index (χ0v) is 10.4. The van der Waals surface area contributed by atoms with E-state index in [9.17, 15) is 0 Å². The Kier molecular flexibility index (Phi) is 4.19. The van der Waals surface area contributed by atoms with Gasteiger partial charge in [0.25, 0.3) is 0 Å². The van der Waals surface area contributed by atoms with Crippen LogP contribution < -0.4 is 5.73 Å². The monoisotopic (exact) mass is 220 g/mol. The van der Waals surface area contributed by atoms with E-state index in [0.717, 1.165) is 18.4 Å². The first-order chi connectivity index (χ1) is 7.78. The van der Waals surface area contributed by atoms with Gasteiger partial charge in [0.05, 0.1) is 0 Å². The van der Waals surface area contributed by atoms with Crippen LogP contribution in [0.15, 0.2) is 23.8 Å². The third kappa shape index (κ3) is 3.19. The summed E-state index contributed by atoms with van der Waals surface area (Å²) in [5.41, 5.74) is 7.13. The Morgan fingerprint density at radius 1 is 1.38 bits per heavy atom. The first kappa shape index (κ1) is 11.9. The van der Waals surface area contributed by atoms with Crippen molar-refractivity contribution in [3.63, 3.8) is 0 Å². The van der Waals surface area contributed by atoms with Gasteiger partial charge in [-0.05, 0) is 57.7 Å². The van der Waals surface area contributed by atoms with Gasteiger partial charge in [-0.3, -0.25) is 0 Å². The van der Waals surface area contributed by atoms with E-state index in [1.54, 1.807) is 0 Å². The van der Waals surface area contributed by atoms with Crippen molar-refractivity contribution in [3.05, 3.63) is 23.8 Å². The van der Waals surface area contributed by atoms with Gasteiger partial charge in [0.1, 0.15) is 0 Å². The van der Waals surface area contributed by atoms with Crippen LogP contribution in [-0.4, -0.2) is 31.1 Å². The molecule has 0 saturated carbocycles. The van der Waals surface area contributed by atoms with Gasteiger partial charge in [-0.2, -0.15) is 0 Å². The van der Waals surface area contributed by atoms with Gasteiger partial charge in [0.15, 0.2) is 0 Å². The lowest BCUT2D eigenvalue weighted by molar-refractivity contribution is 0.172. The Morgan fingerprint density at radius 3 is 2.69 bits per heavy atom. The second-order valence-electron chi connectivity index (χ2n) is 5.28. The maximum atomic E-state index is 5.71. The molecule has 0 aromatic rings. The van der Waals surface area contributed by atoms with Crippen molar-refractivity contribution in [2.45, 2.75) is 26.2 Å². The van der Waals surface area contributed by atoms with Crippen molar-refractivity contribution in [2.24, 2.45) is 17.6 Å². The van der Waals surface area contributed by atoms with Crippen LogP contribution in [-0.2, 0) is 0 Å². The average Bonchev–Trinajstić information content (AvgIpc) is 2.33. The molecule has 1 saturated heterocycles. The molecule has 0 bridgehead atoms. The Hall–Kier alpha value is -0.600. The van der Waals surface area contributed by atoms with Crippen LogP contribution in [0.25, 0.3) is 0 Å². The molecule has 1 heterocycles. The molecule has 2 aliphatic rings. The van der Waals surface area contributed by atoms with Crippen LogP contribution in [0.5, 0.6) is 0 Å². The highest BCUT2D eigenvalue weighted by molar-refractivity contribution is 5.21. The van der Waals surface area contributed by atoms with E-state index in [0.29, 0.717) is 0 Å². The van der Waals surface area contributed by atoms with Crippen LogP contribution >= 0.6 is 0 Å². The summed E-state index contributed by atoms with van der Waals surface area (Å²) in [5, 5.41) is 0. The van der Waals surface area contributed by atoms with Crippen molar-refractivity contribution in [1.29, 1.82) is 0 Å². The summed E-state index contributed by atoms with van der Waals surface area (Å²) < 4.78 is 0. The minimum Gasteiger partial charge on any atom is -0.330 e. The quantitative estimate of drug-likeness (QED) is 0.790. The lowest BCUT2D eigenvalue weighted by Gasteiger charge is -2.33. The molecule has 2 heteroatoms. The maximum absolute atomic E-state index is 5.71. The van der Waals surface area contributed by atoms with Gasteiger partial charge in [-0.25, -0.2) is 0 Å². The van der Waals surface area contributed by atoms with Gasteiger partial charge in [-0.1, -0.05) is 23.8 Å². The number of piperidine rings is 1. The molecule has 1 atom stereocenters. The molecule has 1 unspecified atom stereocenters. The van der Waals surface area contributed by atoms with E-state index in [1.165, 1.54) is 44.5 Å². The van der Waals surface area contributed by atoms with Gasteiger partial charge < -0.3 is 10.6 Å². The topological polar surface area (TPSA) is 29.3 Å². The highest BCUT2D eigenvalue weighted by atomic mass is 15.1. The first-order valence-electron chi connectivity index (χ1n) is 6.55. The largest absolute Gasteiger partial charge is 0.330 e. The van der Waals surface area contributed by atoms with Crippen LogP contribution in [0.4, 0.5) is 0 Å². The van der Waals surface area contributed by atoms with E-state index < -0.39 is 0 Å². The average molecular weight is 220 g/mol. The SMILES string of the molecule is CC1=CCC(CN2CCC(CN)CC2)C=C1. The maximum Gasteiger partial charge on any atom is 0.00474 e. The van der Waals surface area contributed by atoms with Crippen molar-refractivity contribution in [2.75, 3.05) is 26.2 Å². The molecule has 2 nitrogen and oxygen atoms in total. The molecular formula is C14H24N2. The lowest BCUT2D eigenvalue weighted by Crippen LogP contribution is -2.38. The molecule has 1 fully saturated rings. The minimum absolute atomic E-state index is 0.734. The first-order valence-corrected chi connectivity index (χ1v) is 6.55. The third-order valence-corrected chi connectivity index (χ3v) is 3.91. The summed E-state index contributed by atoms with van der Waals surface area (Å²) in [6.07, 6.45) is 10.8. The molecule has 2 N–H and O–H groups in total. The van der Waals surface area contributed by atoms with Crippen LogP contribution in [0.3, 0.4) is 0 Å². The fraction of sp³-hybridized carbons (Fsp3) is 0.714. The molecule has 16 heavy (non-hydrogen) atoms. The minimum atomic E-state index is 0.734. The van der Waals surface area contributed by atoms with Crippen LogP contribution in [0.1, 0.15) is 26.2 Å². The highest BCUT2D eigenvalue weighted by Crippen LogP contribution is 2.21. The number of nitrogens with two attached hydrogens (primary N) is 1. The molecule has 2 rings (SSSR count). The Labute approximate surface area is 99.2 Å². The standard InChI is InChI=1S/C14H24N2/c1-12-2-4-14(5-3-12)11-16-8-6-13(10-15)7-9-16/h2-4,13-14H,5-11,15H2,1H3. The number of hydrogen-bond acceptors (Lipinski definition) is 2. The van der Waals surface area contributed by atoms with Gasteiger partial charge in [-0.15, -0.1) is 0 Å². The summed E-state index contributed by atoms with van der Waals surface area (Å²) in [4.78, 5) is 2.61. The molecule has 0 spiro atoms. The summed E-state index contributed by atoms with van der Waals surface area (Å²) in [5.74, 6) is 1.51. The van der Waals surface area contributed by atoms with Crippen molar-refractivity contribution < 1.29 is 0 Å². The molecule has 90 valence electrons. The van der Waals surface area contributed by atoms with E-state index in [1.807, 2.05) is 0 Å². The number of allylic oxidation sites excluding steroid dienone is 3. The van der Waals surface area contributed by atoms with E-state index in [2.05, 4.69) is 30.1 Å². The second-order valence-corrected chi connectivity index (χ2v) is 5.28. The van der Waals surface area contributed by atoms with E-state index >= 15 is 0 Å². The Bertz CT molecular complexity index is 272. The number of likely N-dealkylation sites (tertiary alicyclic amines) is 1. The summed E-state index contributed by atoms with van der Waals surface area (Å²) >= 11 is 0. The number of rotatable bonds is 3. The fourth-order valence-corrected chi connectivity index (χ4v) is 2.64. The predicted molar refractivity (Wildman–Crippen MR) is 69.2 cm³/mol. The Balaban J connectivity index is 1.73. The molecule has 1 aliphatic carbocycles. The molecule has 0 aromatic carbocycles. The number of nitrogens with zero attached hydrogens (tertiary/aromatic N) is 1. The fourth-order valence-electron chi connectivity index (χ4n) is 2.64. The number of hydrogen-bond donors (Lipinski definition) is 1. The van der Waals surface area contributed by atoms with Crippen LogP contribution in [0, 0.1) is 11.8 Å². The molecule has 1 aliphatic heterocycles. The summed E-state index contributed by atoms with van der Waals surface area (Å²) in [7, 11) is 0. The van der Waals surface area contributed by atoms with Crippen molar-refractivity contribution in [3.8, 4) is 0 Å². The van der Waals surface area contributed by atoms with Crippen LogP contribution in [0.2, 0.25) is 0 Å². The van der Waals surface area contributed by atoms with Gasteiger partial charge in [0.2, 0.25) is 0 Å². The smallest absolute Gasteiger partial charge is 0.00474 e. The van der Waals surface area contributed by atoms with Crippen molar-refractivity contribution >= 4 is 0 Å². The van der Waals surface area contributed by atoms with Gasteiger partial charge in [0, 0.05) is 6.54 Å². The highest BCUT2D eigenvalue weighted by Gasteiger charge is 2.20. The normalized spacial score (nSPS) is 28.1. The molecule has 0 amide bonds. The second kappa shape index (κ2) is 5.65. The lowest BCUT2D eigenvalue weighted by atomic mass is 9.93. The van der Waals surface area contributed by atoms with E-state index in [-0.39, 0.29) is 0 Å². The molecule has 0 radical (unpaired) electrons. The van der Waals surface area contributed by atoms with E-state index in [4.69, 9.17) is 5.73 Å². The molecular weight excluding hydrogens is 196 g/mol. The zero-order chi connectivity index (χ0) is 11.4. The van der Waals surface area contributed by atoms with Crippen molar-refractivity contribution in [1.82, 2.24) is 4.90 Å². The summed E-state index contributed by atoms with van der Waals surface area (Å²) in [6, 6.07) is 0.